The Bertz CT molecular complexity index is 1260. The number of nitrogens with one attached hydrogen (secondary N) is 1. The second kappa shape index (κ2) is 13.7. The number of halogens is 1. The predicted molar refractivity (Wildman–Crippen MR) is 146 cm³/mol. The molecule has 1 atom stereocenters. The van der Waals surface area contributed by atoms with E-state index in [1.807, 2.05) is 41.8 Å². The summed E-state index contributed by atoms with van der Waals surface area (Å²) in [5, 5.41) is 14.4. The molecule has 3 aromatic rings. The molecule has 3 fully saturated rings. The number of phenolic OH excluding ortho intramolecular Hbond substituents is 1. The zero-order valence-corrected chi connectivity index (χ0v) is 24.4. The maximum Gasteiger partial charge on any atom is 0.350 e. The maximum atomic E-state index is 12.5. The number of phenols is 1. The number of ketones is 1. The monoisotopic (exact) mass is 616 g/mol. The molecule has 3 aliphatic heterocycles. The molecular weight excluding hydrogens is 584 g/mol. The van der Waals surface area contributed by atoms with Crippen molar-refractivity contribution in [3.8, 4) is 5.75 Å². The number of Topliss-reactive ketones (excluding diaryl/α,β-unsaturated/α-hetero) is 1. The third-order valence-corrected chi connectivity index (χ3v) is 8.01. The van der Waals surface area contributed by atoms with E-state index < -0.39 is 0 Å². The first kappa shape index (κ1) is 30.3. The molecule has 0 aliphatic carbocycles. The van der Waals surface area contributed by atoms with Gasteiger partial charge in [0, 0.05) is 36.9 Å². The van der Waals surface area contributed by atoms with Gasteiger partial charge < -0.3 is 41.4 Å². The molecule has 10 heteroatoms. The van der Waals surface area contributed by atoms with Gasteiger partial charge >= 0.3 is 11.9 Å². The third kappa shape index (κ3) is 7.90. The average Bonchev–Trinajstić information content (AvgIpc) is 3.37. The smallest absolute Gasteiger partial charge is 0.350 e. The molecule has 1 aromatic heterocycles. The minimum absolute atomic E-state index is 0. The Labute approximate surface area is 242 Å². The van der Waals surface area contributed by atoms with Crippen molar-refractivity contribution >= 4 is 40.4 Å². The number of quaternary nitrogens is 1. The number of rotatable bonds is 7. The number of carbonyl (C=O) groups is 3. The molecule has 0 unspecified atom stereocenters. The number of piperidine rings is 3. The van der Waals surface area contributed by atoms with Crippen molar-refractivity contribution in [1.82, 2.24) is 0 Å². The number of benzene rings is 2. The molecule has 3 aliphatic rings. The zero-order chi connectivity index (χ0) is 27.1. The third-order valence-electron chi connectivity index (χ3n) is 7.12. The summed E-state index contributed by atoms with van der Waals surface area (Å²) in [6, 6.07) is 18.0. The van der Waals surface area contributed by atoms with Gasteiger partial charge in [-0.25, -0.2) is 4.79 Å². The minimum atomic E-state index is -0.312. The number of hydrogen-bond acceptors (Lipinski definition) is 8. The predicted octanol–water partition coefficient (Wildman–Crippen LogP) is 2.03. The van der Waals surface area contributed by atoms with Crippen LogP contribution in [0.25, 0.3) is 0 Å². The Morgan fingerprint density at radius 1 is 1.03 bits per heavy atom. The van der Waals surface area contributed by atoms with E-state index in [0.29, 0.717) is 27.4 Å². The van der Waals surface area contributed by atoms with Gasteiger partial charge in [-0.3, -0.25) is 9.59 Å². The lowest BCUT2D eigenvalue weighted by Crippen LogP contribution is -3.00. The van der Waals surface area contributed by atoms with Crippen LogP contribution in [0.1, 0.15) is 39.8 Å². The fraction of sp³-hybridized carbons (Fsp3) is 0.345. The quantitative estimate of drug-likeness (QED) is 0.238. The molecule has 0 saturated carbocycles. The Balaban J connectivity index is 0.000000220. The lowest BCUT2D eigenvalue weighted by Gasteiger charge is -2.51. The number of para-hydroxylation sites is 1. The number of anilines is 2. The van der Waals surface area contributed by atoms with Gasteiger partial charge in [-0.1, -0.05) is 18.2 Å². The number of methoxy groups -OCH3 is 1. The molecule has 8 nitrogen and oxygen atoms in total. The van der Waals surface area contributed by atoms with Crippen molar-refractivity contribution < 1.29 is 50.4 Å². The van der Waals surface area contributed by atoms with Crippen LogP contribution in [0.2, 0.25) is 0 Å². The van der Waals surface area contributed by atoms with Crippen LogP contribution in [0.3, 0.4) is 0 Å². The fourth-order valence-electron chi connectivity index (χ4n) is 5.17. The molecule has 4 heterocycles. The van der Waals surface area contributed by atoms with E-state index in [4.69, 9.17) is 9.47 Å². The number of thiophene rings is 1. The highest BCUT2D eigenvalue weighted by atomic mass is 79.9. The van der Waals surface area contributed by atoms with E-state index in [2.05, 4.69) is 5.32 Å². The van der Waals surface area contributed by atoms with E-state index in [9.17, 15) is 19.5 Å². The maximum absolute atomic E-state index is 12.5. The summed E-state index contributed by atoms with van der Waals surface area (Å²) in [6.45, 7) is 4.59. The normalized spacial score (nSPS) is 21.0. The Kier molecular flexibility index (Phi) is 10.7. The van der Waals surface area contributed by atoms with E-state index in [-0.39, 0.29) is 46.6 Å². The number of fused-ring (bicyclic) bond motifs is 3. The SMILES string of the molecule is CC(=O)O[C@H]1C[N+]2(CC(=O)c3ccc(O)cc3)CCC1CC2.COC(=O)c1sccc1Nc1ccccc1.[Br-]. The van der Waals surface area contributed by atoms with Crippen molar-refractivity contribution in [2.75, 3.05) is 38.6 Å². The van der Waals surface area contributed by atoms with Crippen LogP contribution >= 0.6 is 11.3 Å². The van der Waals surface area contributed by atoms with Gasteiger partial charge in [0.2, 0.25) is 5.78 Å². The number of carbonyl (C=O) groups excluding carboxylic acids is 3. The van der Waals surface area contributed by atoms with Crippen LogP contribution in [0.4, 0.5) is 11.4 Å². The van der Waals surface area contributed by atoms with Gasteiger partial charge in [0.1, 0.15) is 23.7 Å². The number of aromatic hydroxyl groups is 1. The molecule has 6 rings (SSSR count). The molecule has 0 spiro atoms. The first-order valence-electron chi connectivity index (χ1n) is 12.6. The highest BCUT2D eigenvalue weighted by molar-refractivity contribution is 7.12. The van der Waals surface area contributed by atoms with Gasteiger partial charge in [-0.15, -0.1) is 11.3 Å². The first-order valence-corrected chi connectivity index (χ1v) is 13.5. The van der Waals surface area contributed by atoms with Gasteiger partial charge in [-0.05, 0) is 47.8 Å². The van der Waals surface area contributed by atoms with Crippen molar-refractivity contribution in [1.29, 1.82) is 0 Å². The van der Waals surface area contributed by atoms with E-state index in [0.717, 1.165) is 43.9 Å². The van der Waals surface area contributed by atoms with Gasteiger partial charge in [0.05, 0.1) is 25.9 Å². The highest BCUT2D eigenvalue weighted by Crippen LogP contribution is 2.36. The molecule has 2 N–H and O–H groups in total. The molecular formula is C29H33BrN2O6S. The van der Waals surface area contributed by atoms with Crippen molar-refractivity contribution in [2.45, 2.75) is 25.9 Å². The summed E-state index contributed by atoms with van der Waals surface area (Å²) >= 11 is 1.36. The summed E-state index contributed by atoms with van der Waals surface area (Å²) in [4.78, 5) is 35.8. The van der Waals surface area contributed by atoms with Crippen LogP contribution < -0.4 is 22.3 Å². The summed E-state index contributed by atoms with van der Waals surface area (Å²) in [5.41, 5.74) is 2.36. The van der Waals surface area contributed by atoms with Crippen molar-refractivity contribution in [3.05, 3.63) is 76.5 Å². The lowest BCUT2D eigenvalue weighted by atomic mass is 9.83. The fourth-order valence-corrected chi connectivity index (χ4v) is 5.93. The molecule has 208 valence electrons. The topological polar surface area (TPSA) is 102 Å². The lowest BCUT2D eigenvalue weighted by molar-refractivity contribution is -0.938. The summed E-state index contributed by atoms with van der Waals surface area (Å²) in [7, 11) is 1.38. The second-order valence-electron chi connectivity index (χ2n) is 9.73. The van der Waals surface area contributed by atoms with Crippen LogP contribution in [0.15, 0.2) is 66.0 Å². The number of hydrogen-bond donors (Lipinski definition) is 2. The van der Waals surface area contributed by atoms with E-state index >= 15 is 0 Å². The largest absolute Gasteiger partial charge is 1.00 e. The molecule has 39 heavy (non-hydrogen) atoms. The summed E-state index contributed by atoms with van der Waals surface area (Å²) in [5.74, 6) is 0.155. The number of nitrogens with zero attached hydrogens (tertiary/aromatic N) is 1. The first-order chi connectivity index (χ1) is 18.3. The van der Waals surface area contributed by atoms with E-state index in [1.54, 1.807) is 12.1 Å². The minimum Gasteiger partial charge on any atom is -1.00 e. The summed E-state index contributed by atoms with van der Waals surface area (Å²) < 4.78 is 10.9. The van der Waals surface area contributed by atoms with Crippen molar-refractivity contribution in [3.63, 3.8) is 0 Å². The van der Waals surface area contributed by atoms with Crippen molar-refractivity contribution in [2.24, 2.45) is 5.92 Å². The van der Waals surface area contributed by atoms with Gasteiger partial charge in [0.15, 0.2) is 6.10 Å². The molecule has 3 saturated heterocycles. The second-order valence-corrected chi connectivity index (χ2v) is 10.6. The molecule has 2 aromatic carbocycles. The van der Waals surface area contributed by atoms with Gasteiger partial charge in [-0.2, -0.15) is 0 Å². The Hall–Kier alpha value is -3.21. The Morgan fingerprint density at radius 3 is 2.31 bits per heavy atom. The van der Waals surface area contributed by atoms with E-state index in [1.165, 1.54) is 37.5 Å². The highest BCUT2D eigenvalue weighted by Gasteiger charge is 2.48. The summed E-state index contributed by atoms with van der Waals surface area (Å²) in [6.07, 6.45) is 1.98. The Morgan fingerprint density at radius 2 is 1.69 bits per heavy atom. The van der Waals surface area contributed by atoms with Crippen LogP contribution in [0, 0.1) is 5.92 Å². The number of ether oxygens (including phenoxy) is 2. The standard InChI is InChI=1S/C17H21NO4.C12H11NO2S.BrH/c1-12(19)22-17-11-18(8-6-14(17)7-9-18)10-16(21)13-2-4-15(20)5-3-13;1-15-12(14)11-10(7-8-16-11)13-9-5-3-2-4-6-9;/h2-5,14,17H,6-11H2,1H3;2-8,13H,1H3;1H/t14?,17-,18?;;/m0../s1. The van der Waals surface area contributed by atoms with Crippen LogP contribution in [-0.4, -0.2) is 66.7 Å². The molecule has 2 bridgehead atoms. The van der Waals surface area contributed by atoms with Crippen LogP contribution in [-0.2, 0) is 14.3 Å². The molecule has 0 radical (unpaired) electrons. The average molecular weight is 618 g/mol. The van der Waals surface area contributed by atoms with Gasteiger partial charge in [0.25, 0.3) is 0 Å². The number of esters is 2. The zero-order valence-electron chi connectivity index (χ0n) is 22.0. The molecule has 0 amide bonds. The van der Waals surface area contributed by atoms with Crippen LogP contribution in [0.5, 0.6) is 5.75 Å².